The molecule has 2 amide bonds. The Hall–Kier alpha value is -2.68. The highest BCUT2D eigenvalue weighted by Gasteiger charge is 2.33. The molecule has 0 heterocycles. The van der Waals surface area contributed by atoms with E-state index in [1.165, 1.54) is 30.0 Å². The summed E-state index contributed by atoms with van der Waals surface area (Å²) in [6.07, 6.45) is -4.56. The first kappa shape index (κ1) is 19.6. The van der Waals surface area contributed by atoms with Crippen LogP contribution >= 0.6 is 11.8 Å². The summed E-state index contributed by atoms with van der Waals surface area (Å²) in [5.41, 5.74) is 4.48. The summed E-state index contributed by atoms with van der Waals surface area (Å²) >= 11 is 1.20. The molecule has 0 spiro atoms. The smallest absolute Gasteiger partial charge is 0.375 e. The maximum atomic E-state index is 12.9. The minimum absolute atomic E-state index is 0.0733. The zero-order chi connectivity index (χ0) is 19.2. The number of rotatable bonds is 7. The summed E-state index contributed by atoms with van der Waals surface area (Å²) in [5, 5.41) is 5.10. The van der Waals surface area contributed by atoms with Crippen LogP contribution in [-0.2, 0) is 15.8 Å². The molecule has 0 saturated heterocycles. The van der Waals surface area contributed by atoms with Gasteiger partial charge in [-0.1, -0.05) is 24.3 Å². The number of carbonyl (C=O) groups excluding carboxylic acids is 2. The van der Waals surface area contributed by atoms with E-state index in [1.807, 2.05) is 0 Å². The topological polar surface area (TPSA) is 84.2 Å². The number of alkyl halides is 3. The normalized spacial score (nSPS) is 11.0. The van der Waals surface area contributed by atoms with Crippen molar-refractivity contribution in [2.24, 2.45) is 5.73 Å². The number of primary amides is 1. The van der Waals surface area contributed by atoms with Crippen LogP contribution in [0.1, 0.15) is 5.56 Å². The van der Waals surface area contributed by atoms with Gasteiger partial charge in [0.25, 0.3) is 0 Å². The summed E-state index contributed by atoms with van der Waals surface area (Å²) in [7, 11) is 0. The van der Waals surface area contributed by atoms with Crippen molar-refractivity contribution in [1.82, 2.24) is 0 Å². The van der Waals surface area contributed by atoms with Crippen molar-refractivity contribution >= 4 is 35.0 Å². The molecule has 0 saturated carbocycles. The molecule has 138 valence electrons. The van der Waals surface area contributed by atoms with Crippen LogP contribution in [0, 0.1) is 0 Å². The van der Waals surface area contributed by atoms with E-state index in [4.69, 9.17) is 5.73 Å². The van der Waals surface area contributed by atoms with E-state index in [2.05, 4.69) is 10.6 Å². The molecule has 0 radical (unpaired) electrons. The number of hydrogen-bond donors (Lipinski definition) is 3. The number of nitrogens with two attached hydrogens (primary N) is 1. The van der Waals surface area contributed by atoms with Gasteiger partial charge in [-0.15, -0.1) is 11.8 Å². The molecule has 2 rings (SSSR count). The second-order valence-corrected chi connectivity index (χ2v) is 6.21. The molecule has 0 unspecified atom stereocenters. The van der Waals surface area contributed by atoms with Gasteiger partial charge in [0.2, 0.25) is 11.8 Å². The van der Waals surface area contributed by atoms with Gasteiger partial charge in [-0.05, 0) is 24.3 Å². The molecule has 0 aliphatic carbocycles. The van der Waals surface area contributed by atoms with Crippen LogP contribution in [0.5, 0.6) is 0 Å². The van der Waals surface area contributed by atoms with Gasteiger partial charge in [0.15, 0.2) is 0 Å². The number of benzene rings is 2. The minimum Gasteiger partial charge on any atom is -0.375 e. The summed E-state index contributed by atoms with van der Waals surface area (Å²) in [6, 6.07) is 11.7. The van der Waals surface area contributed by atoms with E-state index in [1.54, 1.807) is 24.3 Å². The summed E-state index contributed by atoms with van der Waals surface area (Å²) < 4.78 is 38.8. The van der Waals surface area contributed by atoms with E-state index in [-0.39, 0.29) is 18.0 Å². The molecular weight excluding hydrogens is 367 g/mol. The lowest BCUT2D eigenvalue weighted by Crippen LogP contribution is -2.23. The minimum atomic E-state index is -4.56. The molecule has 0 aromatic heterocycles. The average molecular weight is 383 g/mol. The van der Waals surface area contributed by atoms with Gasteiger partial charge < -0.3 is 16.4 Å². The van der Waals surface area contributed by atoms with Crippen LogP contribution in [0.25, 0.3) is 0 Å². The molecule has 0 bridgehead atoms. The molecule has 2 aromatic rings. The fourth-order valence-electron chi connectivity index (χ4n) is 2.10. The molecule has 9 heteroatoms. The molecule has 0 fully saturated rings. The van der Waals surface area contributed by atoms with E-state index < -0.39 is 23.6 Å². The third-order valence-corrected chi connectivity index (χ3v) is 4.30. The van der Waals surface area contributed by atoms with Crippen molar-refractivity contribution in [2.45, 2.75) is 11.1 Å². The van der Waals surface area contributed by atoms with Crippen LogP contribution in [0.4, 0.5) is 24.5 Å². The second kappa shape index (κ2) is 8.61. The molecule has 4 N–H and O–H groups in total. The number of carbonyl (C=O) groups is 2. The van der Waals surface area contributed by atoms with Crippen LogP contribution < -0.4 is 16.4 Å². The maximum absolute atomic E-state index is 12.9. The SMILES string of the molecule is NC(=O)CSc1ccccc1NCC(=O)Nc1ccccc1C(F)(F)F. The van der Waals surface area contributed by atoms with Crippen molar-refractivity contribution in [1.29, 1.82) is 0 Å². The van der Waals surface area contributed by atoms with Gasteiger partial charge in [-0.25, -0.2) is 0 Å². The molecule has 0 aliphatic heterocycles. The molecule has 0 aliphatic rings. The zero-order valence-electron chi connectivity index (χ0n) is 13.5. The monoisotopic (exact) mass is 383 g/mol. The lowest BCUT2D eigenvalue weighted by molar-refractivity contribution is -0.137. The largest absolute Gasteiger partial charge is 0.418 e. The number of halogens is 3. The Labute approximate surface area is 152 Å². The first-order valence-electron chi connectivity index (χ1n) is 7.47. The zero-order valence-corrected chi connectivity index (χ0v) is 14.3. The third kappa shape index (κ3) is 5.69. The van der Waals surface area contributed by atoms with Crippen LogP contribution in [0.3, 0.4) is 0 Å². The maximum Gasteiger partial charge on any atom is 0.418 e. The quantitative estimate of drug-likeness (QED) is 0.641. The highest BCUT2D eigenvalue weighted by Crippen LogP contribution is 2.34. The van der Waals surface area contributed by atoms with E-state index in [0.717, 1.165) is 6.07 Å². The number of para-hydroxylation sites is 2. The molecule has 5 nitrogen and oxygen atoms in total. The Morgan fingerprint density at radius 1 is 1.00 bits per heavy atom. The van der Waals surface area contributed by atoms with Crippen molar-refractivity contribution in [3.05, 3.63) is 54.1 Å². The van der Waals surface area contributed by atoms with Gasteiger partial charge >= 0.3 is 6.18 Å². The Bertz CT molecular complexity index is 797. The van der Waals surface area contributed by atoms with Crippen molar-refractivity contribution < 1.29 is 22.8 Å². The Morgan fingerprint density at radius 2 is 1.62 bits per heavy atom. The number of hydrogen-bond acceptors (Lipinski definition) is 4. The van der Waals surface area contributed by atoms with Crippen molar-refractivity contribution in [2.75, 3.05) is 22.9 Å². The third-order valence-electron chi connectivity index (χ3n) is 3.20. The summed E-state index contributed by atoms with van der Waals surface area (Å²) in [4.78, 5) is 23.6. The predicted molar refractivity (Wildman–Crippen MR) is 94.9 cm³/mol. The van der Waals surface area contributed by atoms with Gasteiger partial charge in [0, 0.05) is 10.6 Å². The first-order chi connectivity index (χ1) is 12.3. The van der Waals surface area contributed by atoms with E-state index >= 15 is 0 Å². The number of thioether (sulfide) groups is 1. The highest BCUT2D eigenvalue weighted by atomic mass is 32.2. The first-order valence-corrected chi connectivity index (χ1v) is 8.46. The van der Waals surface area contributed by atoms with Gasteiger partial charge in [0.1, 0.15) is 0 Å². The second-order valence-electron chi connectivity index (χ2n) is 5.20. The Kier molecular flexibility index (Phi) is 6.51. The number of anilines is 2. The van der Waals surface area contributed by atoms with Crippen molar-refractivity contribution in [3.63, 3.8) is 0 Å². The Balaban J connectivity index is 2.01. The van der Waals surface area contributed by atoms with E-state index in [9.17, 15) is 22.8 Å². The standard InChI is InChI=1S/C17H16F3N3O2S/c18-17(19,20)11-5-1-2-6-12(11)23-16(25)9-22-13-7-3-4-8-14(13)26-10-15(21)24/h1-8,22H,9-10H2,(H2,21,24)(H,23,25). The highest BCUT2D eigenvalue weighted by molar-refractivity contribution is 8.00. The van der Waals surface area contributed by atoms with Crippen molar-refractivity contribution in [3.8, 4) is 0 Å². The average Bonchev–Trinajstić information content (AvgIpc) is 2.58. The van der Waals surface area contributed by atoms with Gasteiger partial charge in [-0.3, -0.25) is 9.59 Å². The van der Waals surface area contributed by atoms with Crippen LogP contribution in [0.2, 0.25) is 0 Å². The molecule has 0 atom stereocenters. The fraction of sp³-hybridized carbons (Fsp3) is 0.176. The summed E-state index contributed by atoms with van der Waals surface area (Å²) in [6.45, 7) is -0.236. The molecular formula is C17H16F3N3O2S. The number of amides is 2. The lowest BCUT2D eigenvalue weighted by atomic mass is 10.1. The lowest BCUT2D eigenvalue weighted by Gasteiger charge is -2.14. The molecule has 2 aromatic carbocycles. The van der Waals surface area contributed by atoms with Gasteiger partial charge in [-0.2, -0.15) is 13.2 Å². The van der Waals surface area contributed by atoms with Crippen LogP contribution in [0.15, 0.2) is 53.4 Å². The van der Waals surface area contributed by atoms with Crippen LogP contribution in [-0.4, -0.2) is 24.1 Å². The van der Waals surface area contributed by atoms with Gasteiger partial charge in [0.05, 0.1) is 23.5 Å². The van der Waals surface area contributed by atoms with E-state index in [0.29, 0.717) is 10.6 Å². The predicted octanol–water partition coefficient (Wildman–Crippen LogP) is 3.33. The Morgan fingerprint density at radius 3 is 2.27 bits per heavy atom. The molecule has 26 heavy (non-hydrogen) atoms. The number of nitrogens with one attached hydrogen (secondary N) is 2. The fourth-order valence-corrected chi connectivity index (χ4v) is 2.86. The summed E-state index contributed by atoms with van der Waals surface area (Å²) in [5.74, 6) is -1.04.